The first-order chi connectivity index (χ1) is 11.0. The molecule has 2 unspecified atom stereocenters. The molecule has 124 valence electrons. The molecule has 0 N–H and O–H groups in total. The zero-order valence-corrected chi connectivity index (χ0v) is 14.0. The maximum absolute atomic E-state index is 12.6. The Labute approximate surface area is 135 Å². The van der Waals surface area contributed by atoms with Crippen LogP contribution in [0.4, 0.5) is 0 Å². The van der Waals surface area contributed by atoms with Crippen molar-refractivity contribution in [1.29, 1.82) is 0 Å². The van der Waals surface area contributed by atoms with Crippen LogP contribution in [0.15, 0.2) is 27.4 Å². The van der Waals surface area contributed by atoms with E-state index >= 15 is 0 Å². The summed E-state index contributed by atoms with van der Waals surface area (Å²) < 4.78 is 6.63. The van der Waals surface area contributed by atoms with Crippen molar-refractivity contribution in [2.24, 2.45) is 7.05 Å². The van der Waals surface area contributed by atoms with Crippen molar-refractivity contribution >= 4 is 17.0 Å². The van der Waals surface area contributed by atoms with Gasteiger partial charge in [0.2, 0.25) is 5.91 Å². The Bertz CT molecular complexity index is 764. The summed E-state index contributed by atoms with van der Waals surface area (Å²) >= 11 is 0. The molecule has 0 aliphatic carbocycles. The molecule has 1 aliphatic heterocycles. The van der Waals surface area contributed by atoms with Crippen molar-refractivity contribution in [2.75, 3.05) is 0 Å². The molecule has 0 radical (unpaired) electrons. The van der Waals surface area contributed by atoms with Gasteiger partial charge in [0.1, 0.15) is 0 Å². The first-order valence-corrected chi connectivity index (χ1v) is 8.37. The zero-order chi connectivity index (χ0) is 16.6. The van der Waals surface area contributed by atoms with Crippen molar-refractivity contribution < 1.29 is 9.21 Å². The number of rotatable bonds is 3. The van der Waals surface area contributed by atoms with Crippen LogP contribution in [-0.2, 0) is 18.3 Å². The Morgan fingerprint density at radius 2 is 1.96 bits per heavy atom. The number of piperidine rings is 1. The molecule has 2 aromatic rings. The molecule has 1 saturated heterocycles. The van der Waals surface area contributed by atoms with E-state index in [0.717, 1.165) is 23.9 Å². The first kappa shape index (κ1) is 15.8. The second kappa shape index (κ2) is 6.22. The van der Waals surface area contributed by atoms with Gasteiger partial charge in [0.15, 0.2) is 5.58 Å². The van der Waals surface area contributed by atoms with Gasteiger partial charge >= 0.3 is 5.76 Å². The fraction of sp³-hybridized carbons (Fsp3) is 0.556. The minimum absolute atomic E-state index is 0.228. The van der Waals surface area contributed by atoms with E-state index in [1.807, 2.05) is 18.2 Å². The van der Waals surface area contributed by atoms with Gasteiger partial charge in [-0.25, -0.2) is 4.79 Å². The molecule has 1 amide bonds. The Kier molecular flexibility index (Phi) is 4.28. The third kappa shape index (κ3) is 3.05. The molecule has 1 aliphatic rings. The number of aromatic nitrogens is 1. The van der Waals surface area contributed by atoms with Crippen LogP contribution >= 0.6 is 0 Å². The average molecular weight is 316 g/mol. The zero-order valence-electron chi connectivity index (χ0n) is 14.0. The summed E-state index contributed by atoms with van der Waals surface area (Å²) in [4.78, 5) is 26.2. The summed E-state index contributed by atoms with van der Waals surface area (Å²) in [5.74, 6) is -0.130. The van der Waals surface area contributed by atoms with Gasteiger partial charge in [-0.15, -0.1) is 0 Å². The van der Waals surface area contributed by atoms with E-state index in [1.165, 1.54) is 11.0 Å². The molecule has 1 fully saturated rings. The Hall–Kier alpha value is -2.04. The summed E-state index contributed by atoms with van der Waals surface area (Å²) in [6, 6.07) is 6.35. The predicted octanol–water partition coefficient (Wildman–Crippen LogP) is 2.85. The smallest absolute Gasteiger partial charge is 0.408 e. The Balaban J connectivity index is 1.71. The maximum atomic E-state index is 12.6. The third-order valence-corrected chi connectivity index (χ3v) is 4.96. The lowest BCUT2D eigenvalue weighted by atomic mass is 9.96. The number of hydrogen-bond donors (Lipinski definition) is 0. The fourth-order valence-corrected chi connectivity index (χ4v) is 3.62. The molecular formula is C18H24N2O3. The van der Waals surface area contributed by atoms with Gasteiger partial charge in [0.25, 0.3) is 0 Å². The van der Waals surface area contributed by atoms with Crippen LogP contribution in [0.3, 0.4) is 0 Å². The van der Waals surface area contributed by atoms with E-state index in [9.17, 15) is 9.59 Å². The predicted molar refractivity (Wildman–Crippen MR) is 89.4 cm³/mol. The van der Waals surface area contributed by atoms with Crippen molar-refractivity contribution in [3.63, 3.8) is 0 Å². The minimum atomic E-state index is -0.357. The van der Waals surface area contributed by atoms with Crippen LogP contribution in [0, 0.1) is 0 Å². The van der Waals surface area contributed by atoms with Gasteiger partial charge in [-0.2, -0.15) is 0 Å². The van der Waals surface area contributed by atoms with E-state index < -0.39 is 0 Å². The summed E-state index contributed by atoms with van der Waals surface area (Å²) in [5.41, 5.74) is 2.42. The van der Waals surface area contributed by atoms with E-state index in [0.29, 0.717) is 30.5 Å². The van der Waals surface area contributed by atoms with Gasteiger partial charge in [-0.3, -0.25) is 9.36 Å². The number of hydrogen-bond acceptors (Lipinski definition) is 3. The van der Waals surface area contributed by atoms with Gasteiger partial charge in [0.05, 0.1) is 5.52 Å². The van der Waals surface area contributed by atoms with Crippen LogP contribution in [0.2, 0.25) is 0 Å². The highest BCUT2D eigenvalue weighted by molar-refractivity contribution is 5.78. The van der Waals surface area contributed by atoms with Crippen LogP contribution in [0.1, 0.15) is 45.1 Å². The van der Waals surface area contributed by atoms with Crippen molar-refractivity contribution in [3.8, 4) is 0 Å². The molecule has 5 nitrogen and oxygen atoms in total. The molecule has 1 aromatic carbocycles. The lowest BCUT2D eigenvalue weighted by Gasteiger charge is -2.39. The highest BCUT2D eigenvalue weighted by atomic mass is 16.4. The van der Waals surface area contributed by atoms with E-state index in [1.54, 1.807) is 7.05 Å². The number of carbonyl (C=O) groups is 1. The van der Waals surface area contributed by atoms with Gasteiger partial charge < -0.3 is 9.32 Å². The van der Waals surface area contributed by atoms with Gasteiger partial charge in [0, 0.05) is 25.6 Å². The molecule has 0 saturated carbocycles. The molecule has 3 rings (SSSR count). The van der Waals surface area contributed by atoms with Crippen LogP contribution < -0.4 is 5.76 Å². The molecular weight excluding hydrogens is 292 g/mol. The van der Waals surface area contributed by atoms with Crippen LogP contribution in [0.25, 0.3) is 11.1 Å². The molecule has 2 heterocycles. The van der Waals surface area contributed by atoms with E-state index in [-0.39, 0.29) is 11.7 Å². The maximum Gasteiger partial charge on any atom is 0.419 e. The first-order valence-electron chi connectivity index (χ1n) is 8.37. The highest BCUT2D eigenvalue weighted by Gasteiger charge is 2.28. The van der Waals surface area contributed by atoms with E-state index in [4.69, 9.17) is 4.42 Å². The standard InChI is InChI=1S/C18H24N2O3/c1-12-5-4-6-13(2)20(12)17(21)10-8-14-7-9-16-15(11-14)19(3)18(22)23-16/h7,9,11-13H,4-6,8,10H2,1-3H3. The third-order valence-electron chi connectivity index (χ3n) is 4.96. The average Bonchev–Trinajstić information content (AvgIpc) is 2.80. The number of likely N-dealkylation sites (tertiary alicyclic amines) is 1. The SMILES string of the molecule is CC1CCCC(C)N1C(=O)CCc1ccc2oc(=O)n(C)c2c1. The van der Waals surface area contributed by atoms with Crippen molar-refractivity contribution in [3.05, 3.63) is 34.3 Å². The number of carbonyl (C=O) groups excluding carboxylic acids is 1. The van der Waals surface area contributed by atoms with Crippen molar-refractivity contribution in [2.45, 2.75) is 58.0 Å². The number of amides is 1. The quantitative estimate of drug-likeness (QED) is 0.875. The van der Waals surface area contributed by atoms with E-state index in [2.05, 4.69) is 18.7 Å². The van der Waals surface area contributed by atoms with Crippen molar-refractivity contribution in [1.82, 2.24) is 9.47 Å². The topological polar surface area (TPSA) is 55.5 Å². The lowest BCUT2D eigenvalue weighted by Crippen LogP contribution is -2.47. The Morgan fingerprint density at radius 3 is 2.65 bits per heavy atom. The Morgan fingerprint density at radius 1 is 1.26 bits per heavy atom. The number of benzene rings is 1. The van der Waals surface area contributed by atoms with Gasteiger partial charge in [-0.1, -0.05) is 6.07 Å². The number of fused-ring (bicyclic) bond motifs is 1. The molecule has 0 bridgehead atoms. The number of nitrogens with zero attached hydrogens (tertiary/aromatic N) is 2. The summed E-state index contributed by atoms with van der Waals surface area (Å²) in [7, 11) is 1.69. The number of oxazole rings is 1. The largest absolute Gasteiger partial charge is 0.419 e. The summed E-state index contributed by atoms with van der Waals surface area (Å²) in [6.07, 6.45) is 4.59. The normalized spacial score (nSPS) is 21.8. The minimum Gasteiger partial charge on any atom is -0.408 e. The molecule has 0 spiro atoms. The molecule has 5 heteroatoms. The second-order valence-electron chi connectivity index (χ2n) is 6.66. The molecule has 23 heavy (non-hydrogen) atoms. The molecule has 1 aromatic heterocycles. The van der Waals surface area contributed by atoms with Crippen LogP contribution in [0.5, 0.6) is 0 Å². The van der Waals surface area contributed by atoms with Gasteiger partial charge in [-0.05, 0) is 57.2 Å². The second-order valence-corrected chi connectivity index (χ2v) is 6.66. The lowest BCUT2D eigenvalue weighted by molar-refractivity contribution is -0.137. The number of aryl methyl sites for hydroxylation is 2. The molecule has 2 atom stereocenters. The summed E-state index contributed by atoms with van der Waals surface area (Å²) in [5, 5.41) is 0. The monoisotopic (exact) mass is 316 g/mol. The van der Waals surface area contributed by atoms with Crippen LogP contribution in [-0.4, -0.2) is 27.5 Å². The highest BCUT2D eigenvalue weighted by Crippen LogP contribution is 2.24. The fourth-order valence-electron chi connectivity index (χ4n) is 3.62. The summed E-state index contributed by atoms with van der Waals surface area (Å²) in [6.45, 7) is 4.28.